The van der Waals surface area contributed by atoms with Gasteiger partial charge in [0.25, 0.3) is 0 Å². The summed E-state index contributed by atoms with van der Waals surface area (Å²) >= 11 is 0. The van der Waals surface area contributed by atoms with Gasteiger partial charge in [-0.25, -0.2) is 14.5 Å². The number of rotatable bonds is 8. The van der Waals surface area contributed by atoms with E-state index < -0.39 is 12.1 Å². The van der Waals surface area contributed by atoms with Crippen LogP contribution in [0.3, 0.4) is 0 Å². The standard InChI is InChI=1S/C27H25NO5/c29-26(30)18-33-25-11-5-9-23-20(6-4-10-24(23)25)15-12-19-13-16-22(17-14-19)28(27(31)32)21-7-2-1-3-8-21/h1-3,5-9,11,13-14,16-17H,4,10,12,15,18H2,(H,29,30)(H,31,32). The molecular formula is C27H25NO5. The van der Waals surface area contributed by atoms with Gasteiger partial charge < -0.3 is 14.9 Å². The van der Waals surface area contributed by atoms with Gasteiger partial charge in [-0.1, -0.05) is 48.5 Å². The van der Waals surface area contributed by atoms with E-state index in [9.17, 15) is 14.7 Å². The van der Waals surface area contributed by atoms with Crippen molar-refractivity contribution in [2.75, 3.05) is 11.5 Å². The van der Waals surface area contributed by atoms with Crippen molar-refractivity contribution in [3.05, 3.63) is 95.6 Å². The van der Waals surface area contributed by atoms with E-state index in [2.05, 4.69) is 12.1 Å². The number of hydrogen-bond donors (Lipinski definition) is 2. The number of para-hydroxylation sites is 1. The third kappa shape index (κ3) is 5.23. The number of aryl methyl sites for hydroxylation is 1. The van der Waals surface area contributed by atoms with Gasteiger partial charge >= 0.3 is 12.1 Å². The average Bonchev–Trinajstić information content (AvgIpc) is 2.82. The number of carboxylic acids is 1. The molecule has 3 aromatic carbocycles. The number of anilines is 2. The predicted molar refractivity (Wildman–Crippen MR) is 127 cm³/mol. The van der Waals surface area contributed by atoms with Crippen LogP contribution in [0.2, 0.25) is 0 Å². The molecule has 0 radical (unpaired) electrons. The molecule has 0 spiro atoms. The van der Waals surface area contributed by atoms with E-state index in [-0.39, 0.29) is 6.61 Å². The SMILES string of the molecule is O=C(O)COc1cccc2c1CCC=C2CCc1ccc(N(C(=O)O)c2ccccc2)cc1. The summed E-state index contributed by atoms with van der Waals surface area (Å²) in [7, 11) is 0. The maximum Gasteiger partial charge on any atom is 0.416 e. The van der Waals surface area contributed by atoms with E-state index in [0.717, 1.165) is 42.4 Å². The van der Waals surface area contributed by atoms with Crippen molar-refractivity contribution in [1.82, 2.24) is 0 Å². The number of allylic oxidation sites excluding steroid dienone is 2. The minimum absolute atomic E-state index is 0.349. The third-order valence-corrected chi connectivity index (χ3v) is 5.70. The highest BCUT2D eigenvalue weighted by molar-refractivity contribution is 5.94. The van der Waals surface area contributed by atoms with Crippen molar-refractivity contribution in [1.29, 1.82) is 0 Å². The first-order valence-corrected chi connectivity index (χ1v) is 10.9. The number of hydrogen-bond acceptors (Lipinski definition) is 3. The van der Waals surface area contributed by atoms with Crippen LogP contribution in [0.15, 0.2) is 78.9 Å². The largest absolute Gasteiger partial charge is 0.482 e. The van der Waals surface area contributed by atoms with E-state index in [1.54, 1.807) is 12.1 Å². The summed E-state index contributed by atoms with van der Waals surface area (Å²) in [6.45, 7) is -0.349. The van der Waals surface area contributed by atoms with Gasteiger partial charge in [-0.2, -0.15) is 0 Å². The summed E-state index contributed by atoms with van der Waals surface area (Å²) in [6.07, 6.45) is 4.56. The summed E-state index contributed by atoms with van der Waals surface area (Å²) in [5.74, 6) is -0.351. The molecule has 168 valence electrons. The molecule has 2 N–H and O–H groups in total. The fourth-order valence-electron chi connectivity index (χ4n) is 4.17. The molecule has 4 rings (SSSR count). The predicted octanol–water partition coefficient (Wildman–Crippen LogP) is 5.93. The Morgan fingerprint density at radius 3 is 2.27 bits per heavy atom. The fourth-order valence-corrected chi connectivity index (χ4v) is 4.17. The molecule has 1 aliphatic rings. The number of benzene rings is 3. The lowest BCUT2D eigenvalue weighted by Crippen LogP contribution is -2.23. The minimum atomic E-state index is -1.03. The van der Waals surface area contributed by atoms with Crippen LogP contribution < -0.4 is 9.64 Å². The highest BCUT2D eigenvalue weighted by Crippen LogP contribution is 2.35. The Morgan fingerprint density at radius 2 is 1.58 bits per heavy atom. The molecule has 1 amide bonds. The second kappa shape index (κ2) is 10.0. The molecule has 0 fully saturated rings. The maximum atomic E-state index is 11.8. The molecule has 33 heavy (non-hydrogen) atoms. The number of amides is 1. The van der Waals surface area contributed by atoms with Gasteiger partial charge in [0.05, 0.1) is 11.4 Å². The van der Waals surface area contributed by atoms with Crippen molar-refractivity contribution in [3.8, 4) is 5.75 Å². The van der Waals surface area contributed by atoms with Crippen molar-refractivity contribution >= 4 is 29.0 Å². The fraction of sp³-hybridized carbons (Fsp3) is 0.185. The lowest BCUT2D eigenvalue weighted by Gasteiger charge is -2.21. The molecule has 6 heteroatoms. The van der Waals surface area contributed by atoms with Gasteiger partial charge in [-0.05, 0) is 72.7 Å². The van der Waals surface area contributed by atoms with E-state index in [1.165, 1.54) is 10.5 Å². The molecule has 0 saturated heterocycles. The van der Waals surface area contributed by atoms with Crippen LogP contribution in [-0.2, 0) is 17.6 Å². The molecule has 0 saturated carbocycles. The molecule has 0 bridgehead atoms. The van der Waals surface area contributed by atoms with Crippen LogP contribution in [0.4, 0.5) is 16.2 Å². The minimum Gasteiger partial charge on any atom is -0.482 e. The summed E-state index contributed by atoms with van der Waals surface area (Å²) in [5.41, 5.74) is 5.71. The average molecular weight is 443 g/mol. The van der Waals surface area contributed by atoms with Crippen molar-refractivity contribution < 1.29 is 24.5 Å². The van der Waals surface area contributed by atoms with Gasteiger partial charge in [-0.15, -0.1) is 0 Å². The lowest BCUT2D eigenvalue weighted by molar-refractivity contribution is -0.139. The number of carboxylic acid groups (broad SMARTS) is 2. The molecule has 0 atom stereocenters. The Morgan fingerprint density at radius 1 is 0.848 bits per heavy atom. The number of ether oxygens (including phenoxy) is 1. The van der Waals surface area contributed by atoms with Crippen LogP contribution in [0, 0.1) is 0 Å². The van der Waals surface area contributed by atoms with Crippen LogP contribution in [0.25, 0.3) is 5.57 Å². The summed E-state index contributed by atoms with van der Waals surface area (Å²) in [5, 5.41) is 18.6. The normalized spacial score (nSPS) is 12.4. The lowest BCUT2D eigenvalue weighted by atomic mass is 9.87. The zero-order chi connectivity index (χ0) is 23.2. The molecule has 0 aliphatic heterocycles. The number of aliphatic carboxylic acids is 1. The van der Waals surface area contributed by atoms with Gasteiger partial charge in [0.2, 0.25) is 0 Å². The Bertz CT molecular complexity index is 1170. The van der Waals surface area contributed by atoms with E-state index in [0.29, 0.717) is 17.1 Å². The van der Waals surface area contributed by atoms with Crippen LogP contribution in [0.5, 0.6) is 5.75 Å². The van der Waals surface area contributed by atoms with Crippen molar-refractivity contribution in [2.24, 2.45) is 0 Å². The van der Waals surface area contributed by atoms with E-state index in [4.69, 9.17) is 9.84 Å². The van der Waals surface area contributed by atoms with Crippen molar-refractivity contribution in [3.63, 3.8) is 0 Å². The molecule has 3 aromatic rings. The Labute approximate surface area is 192 Å². The first kappa shape index (κ1) is 22.1. The number of carbonyl (C=O) groups is 2. The van der Waals surface area contributed by atoms with Crippen LogP contribution >= 0.6 is 0 Å². The molecule has 1 aliphatic carbocycles. The Balaban J connectivity index is 1.46. The smallest absolute Gasteiger partial charge is 0.416 e. The quantitative estimate of drug-likeness (QED) is 0.451. The van der Waals surface area contributed by atoms with Gasteiger partial charge in [-0.3, -0.25) is 0 Å². The number of nitrogens with zero attached hydrogens (tertiary/aromatic N) is 1. The molecule has 6 nitrogen and oxygen atoms in total. The Kier molecular flexibility index (Phi) is 6.74. The topological polar surface area (TPSA) is 87.1 Å². The molecule has 0 heterocycles. The van der Waals surface area contributed by atoms with Gasteiger partial charge in [0.1, 0.15) is 5.75 Å². The van der Waals surface area contributed by atoms with Crippen LogP contribution in [-0.4, -0.2) is 28.9 Å². The van der Waals surface area contributed by atoms with Crippen LogP contribution in [0.1, 0.15) is 29.5 Å². The Hall–Kier alpha value is -4.06. The second-order valence-corrected chi connectivity index (χ2v) is 7.85. The molecule has 0 unspecified atom stereocenters. The van der Waals surface area contributed by atoms with E-state index in [1.807, 2.05) is 54.6 Å². The maximum absolute atomic E-state index is 11.8. The zero-order valence-electron chi connectivity index (χ0n) is 18.1. The highest BCUT2D eigenvalue weighted by Gasteiger charge is 2.18. The molecule has 0 aromatic heterocycles. The first-order chi connectivity index (χ1) is 16.0. The van der Waals surface area contributed by atoms with Crippen molar-refractivity contribution in [2.45, 2.75) is 25.7 Å². The van der Waals surface area contributed by atoms with E-state index >= 15 is 0 Å². The number of fused-ring (bicyclic) bond motifs is 1. The van der Waals surface area contributed by atoms with Gasteiger partial charge in [0, 0.05) is 5.56 Å². The molecular weight excluding hydrogens is 418 g/mol. The zero-order valence-corrected chi connectivity index (χ0v) is 18.1. The summed E-state index contributed by atoms with van der Waals surface area (Å²) < 4.78 is 5.49. The monoisotopic (exact) mass is 443 g/mol. The highest BCUT2D eigenvalue weighted by atomic mass is 16.5. The second-order valence-electron chi connectivity index (χ2n) is 7.85. The summed E-state index contributed by atoms with van der Waals surface area (Å²) in [4.78, 5) is 24.0. The summed E-state index contributed by atoms with van der Waals surface area (Å²) in [6, 6.07) is 22.4. The third-order valence-electron chi connectivity index (χ3n) is 5.70. The van der Waals surface area contributed by atoms with Gasteiger partial charge in [0.15, 0.2) is 6.61 Å². The first-order valence-electron chi connectivity index (χ1n) is 10.9.